The van der Waals surface area contributed by atoms with Crippen molar-refractivity contribution in [3.05, 3.63) is 21.8 Å². The summed E-state index contributed by atoms with van der Waals surface area (Å²) < 4.78 is 10.5. The quantitative estimate of drug-likeness (QED) is 0.779. The van der Waals surface area contributed by atoms with Crippen LogP contribution in [-0.2, 0) is 14.9 Å². The number of hydrogen-bond acceptors (Lipinski definition) is 6. The fourth-order valence-electron chi connectivity index (χ4n) is 2.55. The van der Waals surface area contributed by atoms with Gasteiger partial charge in [0.2, 0.25) is 0 Å². The molecule has 1 aliphatic rings. The van der Waals surface area contributed by atoms with Crippen molar-refractivity contribution in [2.24, 2.45) is 0 Å². The minimum Gasteiger partial charge on any atom is -0.462 e. The predicted molar refractivity (Wildman–Crippen MR) is 91.7 cm³/mol. The summed E-state index contributed by atoms with van der Waals surface area (Å²) in [5.41, 5.74) is 0.455. The Labute approximate surface area is 147 Å². The van der Waals surface area contributed by atoms with Gasteiger partial charge in [-0.15, -0.1) is 0 Å². The van der Waals surface area contributed by atoms with Gasteiger partial charge >= 0.3 is 5.97 Å². The van der Waals surface area contributed by atoms with Crippen LogP contribution in [0.1, 0.15) is 49.3 Å². The van der Waals surface area contributed by atoms with E-state index >= 15 is 0 Å². The predicted octanol–water partition coefficient (Wildman–Crippen LogP) is 2.92. The summed E-state index contributed by atoms with van der Waals surface area (Å²) in [6, 6.07) is 2.09. The highest BCUT2D eigenvalue weighted by molar-refractivity contribution is 6.34. The molecule has 0 spiro atoms. The lowest BCUT2D eigenvalue weighted by Gasteiger charge is -2.31. The van der Waals surface area contributed by atoms with E-state index in [1.807, 2.05) is 25.7 Å². The average molecular weight is 352 g/mol. The number of pyridine rings is 1. The van der Waals surface area contributed by atoms with E-state index in [4.69, 9.17) is 21.1 Å². The Morgan fingerprint density at radius 1 is 1.42 bits per heavy atom. The third-order valence-corrected chi connectivity index (χ3v) is 4.10. The Morgan fingerprint density at radius 3 is 2.54 bits per heavy atom. The summed E-state index contributed by atoms with van der Waals surface area (Å²) in [6.07, 6.45) is 0. The van der Waals surface area contributed by atoms with E-state index in [-0.39, 0.29) is 28.2 Å². The topological polar surface area (TPSA) is 75.4 Å². The number of hydrogen-bond donors (Lipinski definition) is 0. The van der Waals surface area contributed by atoms with E-state index in [1.165, 1.54) is 0 Å². The van der Waals surface area contributed by atoms with Gasteiger partial charge in [0.05, 0.1) is 30.5 Å². The van der Waals surface area contributed by atoms with E-state index in [0.717, 1.165) is 0 Å². The number of nitriles is 1. The standard InChI is InChI=1S/C17H22ClN3O3/c1-5-24-16(22)12-11(10-19)15(21-6-8-23-9-7-21)20-14(13(12)18)17(2,3)4/h5-9H2,1-4H3. The maximum atomic E-state index is 12.4. The first-order chi connectivity index (χ1) is 11.3. The largest absolute Gasteiger partial charge is 0.462 e. The van der Waals surface area contributed by atoms with E-state index in [0.29, 0.717) is 37.8 Å². The van der Waals surface area contributed by atoms with Crippen LogP contribution in [0.4, 0.5) is 5.82 Å². The number of anilines is 1. The first-order valence-electron chi connectivity index (χ1n) is 7.95. The summed E-state index contributed by atoms with van der Waals surface area (Å²) in [6.45, 7) is 10.1. The highest BCUT2D eigenvalue weighted by Crippen LogP contribution is 2.36. The molecule has 0 unspecified atom stereocenters. The van der Waals surface area contributed by atoms with Gasteiger partial charge in [0.1, 0.15) is 23.0 Å². The lowest BCUT2D eigenvalue weighted by molar-refractivity contribution is 0.0526. The van der Waals surface area contributed by atoms with E-state index in [2.05, 4.69) is 11.1 Å². The van der Waals surface area contributed by atoms with Crippen molar-refractivity contribution in [2.45, 2.75) is 33.1 Å². The number of nitrogens with zero attached hydrogens (tertiary/aromatic N) is 3. The van der Waals surface area contributed by atoms with Crippen LogP contribution in [0.25, 0.3) is 0 Å². The van der Waals surface area contributed by atoms with Gasteiger partial charge in [0, 0.05) is 18.5 Å². The second-order valence-electron chi connectivity index (χ2n) is 6.53. The summed E-state index contributed by atoms with van der Waals surface area (Å²) in [4.78, 5) is 19.0. The highest BCUT2D eigenvalue weighted by atomic mass is 35.5. The van der Waals surface area contributed by atoms with Crippen molar-refractivity contribution in [3.63, 3.8) is 0 Å². The molecule has 0 saturated carbocycles. The molecule has 0 atom stereocenters. The van der Waals surface area contributed by atoms with Crippen LogP contribution in [0.2, 0.25) is 5.02 Å². The Hall–Kier alpha value is -1.84. The number of carbonyl (C=O) groups excluding carboxylic acids is 1. The van der Waals surface area contributed by atoms with E-state index in [1.54, 1.807) is 6.92 Å². The average Bonchev–Trinajstić information content (AvgIpc) is 2.54. The minimum absolute atomic E-state index is 0.0995. The van der Waals surface area contributed by atoms with Gasteiger partial charge in [0.15, 0.2) is 0 Å². The SMILES string of the molecule is CCOC(=O)c1c(Cl)c(C(C)(C)C)nc(N2CCOCC2)c1C#N. The molecule has 7 heteroatoms. The summed E-state index contributed by atoms with van der Waals surface area (Å²) in [5, 5.41) is 9.84. The Balaban J connectivity index is 2.71. The molecule has 0 bridgehead atoms. The van der Waals surface area contributed by atoms with Crippen LogP contribution in [-0.4, -0.2) is 43.9 Å². The zero-order valence-electron chi connectivity index (χ0n) is 14.5. The number of halogens is 1. The molecule has 0 amide bonds. The van der Waals surface area contributed by atoms with Crippen LogP contribution >= 0.6 is 11.6 Å². The molecule has 0 N–H and O–H groups in total. The highest BCUT2D eigenvalue weighted by Gasteiger charge is 2.31. The first-order valence-corrected chi connectivity index (χ1v) is 8.33. The van der Waals surface area contributed by atoms with Crippen LogP contribution in [0.15, 0.2) is 0 Å². The normalized spacial score (nSPS) is 15.1. The molecule has 1 fully saturated rings. The molecule has 0 aliphatic carbocycles. The first kappa shape index (κ1) is 18.5. The molecule has 0 aromatic carbocycles. The van der Waals surface area contributed by atoms with Crippen LogP contribution in [0, 0.1) is 11.3 Å². The maximum absolute atomic E-state index is 12.4. The smallest absolute Gasteiger partial charge is 0.341 e. The summed E-state index contributed by atoms with van der Waals surface area (Å²) in [7, 11) is 0. The third-order valence-electron chi connectivity index (χ3n) is 3.73. The molecule has 2 rings (SSSR count). The monoisotopic (exact) mass is 351 g/mol. The van der Waals surface area contributed by atoms with E-state index in [9.17, 15) is 10.1 Å². The van der Waals surface area contributed by atoms with Gasteiger partial charge < -0.3 is 14.4 Å². The molecule has 1 aliphatic heterocycles. The lowest BCUT2D eigenvalue weighted by atomic mass is 9.89. The number of esters is 1. The summed E-state index contributed by atoms with van der Waals surface area (Å²) >= 11 is 6.46. The molecule has 130 valence electrons. The van der Waals surface area contributed by atoms with Crippen molar-refractivity contribution < 1.29 is 14.3 Å². The molecule has 1 aromatic heterocycles. The zero-order chi connectivity index (χ0) is 17.9. The number of rotatable bonds is 3. The van der Waals surface area contributed by atoms with E-state index < -0.39 is 5.97 Å². The molecule has 6 nitrogen and oxygen atoms in total. The number of ether oxygens (including phenoxy) is 2. The van der Waals surface area contributed by atoms with Crippen molar-refractivity contribution in [1.82, 2.24) is 4.98 Å². The van der Waals surface area contributed by atoms with Gasteiger partial charge in [-0.3, -0.25) is 0 Å². The van der Waals surface area contributed by atoms with Crippen molar-refractivity contribution in [3.8, 4) is 6.07 Å². The lowest BCUT2D eigenvalue weighted by Crippen LogP contribution is -2.38. The Kier molecular flexibility index (Phi) is 5.68. The second-order valence-corrected chi connectivity index (χ2v) is 6.91. The van der Waals surface area contributed by atoms with Gasteiger partial charge in [-0.05, 0) is 6.92 Å². The van der Waals surface area contributed by atoms with Crippen LogP contribution < -0.4 is 4.90 Å². The Bertz CT molecular complexity index is 671. The van der Waals surface area contributed by atoms with Crippen LogP contribution in [0.3, 0.4) is 0 Å². The number of morpholine rings is 1. The summed E-state index contributed by atoms with van der Waals surface area (Å²) in [5.74, 6) is -0.125. The number of aromatic nitrogens is 1. The third kappa shape index (κ3) is 3.63. The fraction of sp³-hybridized carbons (Fsp3) is 0.588. The molecule has 2 heterocycles. The van der Waals surface area contributed by atoms with Gasteiger partial charge in [0.25, 0.3) is 0 Å². The van der Waals surface area contributed by atoms with Crippen molar-refractivity contribution in [1.29, 1.82) is 5.26 Å². The fourth-order valence-corrected chi connectivity index (χ4v) is 3.05. The van der Waals surface area contributed by atoms with Gasteiger partial charge in [-0.1, -0.05) is 32.4 Å². The molecule has 0 radical (unpaired) electrons. The maximum Gasteiger partial charge on any atom is 0.341 e. The Morgan fingerprint density at radius 2 is 2.04 bits per heavy atom. The molecule has 24 heavy (non-hydrogen) atoms. The van der Waals surface area contributed by atoms with Crippen molar-refractivity contribution in [2.75, 3.05) is 37.8 Å². The van der Waals surface area contributed by atoms with Gasteiger partial charge in [-0.2, -0.15) is 5.26 Å². The molecular formula is C17H22ClN3O3. The van der Waals surface area contributed by atoms with Crippen molar-refractivity contribution >= 4 is 23.4 Å². The molecular weight excluding hydrogens is 330 g/mol. The number of carbonyl (C=O) groups is 1. The zero-order valence-corrected chi connectivity index (χ0v) is 15.2. The molecule has 1 saturated heterocycles. The van der Waals surface area contributed by atoms with Gasteiger partial charge in [-0.25, -0.2) is 9.78 Å². The van der Waals surface area contributed by atoms with Crippen LogP contribution in [0.5, 0.6) is 0 Å². The minimum atomic E-state index is -0.596. The molecule has 1 aromatic rings. The second kappa shape index (κ2) is 7.37.